The Morgan fingerprint density at radius 3 is 2.68 bits per heavy atom. The standard InChI is InChI=1S/C17H24N4S/c1-3-14-7-9-15(10-8-14)21-17(18)19-11-5-4-6-16-20-13(2)12-22-16/h7-10,12H,3-6,11H2,1-2H3,(H3,18,19,21). The summed E-state index contributed by atoms with van der Waals surface area (Å²) in [6, 6.07) is 8.27. The van der Waals surface area contributed by atoms with Gasteiger partial charge in [-0.3, -0.25) is 4.99 Å². The Morgan fingerprint density at radius 2 is 2.05 bits per heavy atom. The van der Waals surface area contributed by atoms with Crippen molar-refractivity contribution < 1.29 is 0 Å². The van der Waals surface area contributed by atoms with Crippen molar-refractivity contribution in [3.63, 3.8) is 0 Å². The molecule has 1 heterocycles. The lowest BCUT2D eigenvalue weighted by molar-refractivity contribution is 0.741. The molecule has 2 rings (SSSR count). The third-order valence-electron chi connectivity index (χ3n) is 3.38. The van der Waals surface area contributed by atoms with Gasteiger partial charge in [-0.05, 0) is 50.3 Å². The number of benzene rings is 1. The van der Waals surface area contributed by atoms with Crippen LogP contribution >= 0.6 is 11.3 Å². The first-order chi connectivity index (χ1) is 10.7. The quantitative estimate of drug-likeness (QED) is 0.464. The van der Waals surface area contributed by atoms with Gasteiger partial charge in [0.25, 0.3) is 0 Å². The highest BCUT2D eigenvalue weighted by molar-refractivity contribution is 7.09. The molecule has 2 aromatic rings. The van der Waals surface area contributed by atoms with Gasteiger partial charge in [0.05, 0.1) is 5.01 Å². The van der Waals surface area contributed by atoms with Crippen molar-refractivity contribution in [3.05, 3.63) is 45.9 Å². The van der Waals surface area contributed by atoms with Crippen LogP contribution in [-0.2, 0) is 12.8 Å². The lowest BCUT2D eigenvalue weighted by Crippen LogP contribution is -2.22. The zero-order chi connectivity index (χ0) is 15.8. The number of guanidine groups is 1. The minimum atomic E-state index is 0.481. The van der Waals surface area contributed by atoms with E-state index in [-0.39, 0.29) is 0 Å². The number of aromatic nitrogens is 1. The fraction of sp³-hybridized carbons (Fsp3) is 0.412. The normalized spacial score (nSPS) is 11.6. The fourth-order valence-electron chi connectivity index (χ4n) is 2.12. The van der Waals surface area contributed by atoms with Crippen LogP contribution in [0.2, 0.25) is 0 Å². The number of hydrogen-bond acceptors (Lipinski definition) is 3. The first-order valence-corrected chi connectivity index (χ1v) is 8.62. The molecule has 4 nitrogen and oxygen atoms in total. The van der Waals surface area contributed by atoms with E-state index >= 15 is 0 Å². The molecule has 0 fully saturated rings. The van der Waals surface area contributed by atoms with Crippen molar-refractivity contribution >= 4 is 23.0 Å². The Hall–Kier alpha value is -1.88. The second-order valence-corrected chi connectivity index (χ2v) is 6.22. The van der Waals surface area contributed by atoms with Crippen LogP contribution < -0.4 is 11.1 Å². The highest BCUT2D eigenvalue weighted by Crippen LogP contribution is 2.12. The first kappa shape index (κ1) is 16.5. The molecule has 118 valence electrons. The van der Waals surface area contributed by atoms with Gasteiger partial charge in [-0.2, -0.15) is 0 Å². The summed E-state index contributed by atoms with van der Waals surface area (Å²) in [6.45, 7) is 4.92. The van der Waals surface area contributed by atoms with Crippen LogP contribution in [0, 0.1) is 6.92 Å². The van der Waals surface area contributed by atoms with Crippen LogP contribution in [0.1, 0.15) is 36.0 Å². The monoisotopic (exact) mass is 316 g/mol. The molecule has 0 amide bonds. The smallest absolute Gasteiger partial charge is 0.193 e. The average molecular weight is 316 g/mol. The van der Waals surface area contributed by atoms with Crippen LogP contribution in [0.25, 0.3) is 0 Å². The zero-order valence-electron chi connectivity index (χ0n) is 13.3. The largest absolute Gasteiger partial charge is 0.370 e. The van der Waals surface area contributed by atoms with Crippen molar-refractivity contribution in [2.24, 2.45) is 10.7 Å². The Bertz CT molecular complexity index is 601. The molecule has 3 N–H and O–H groups in total. The Kier molecular flexibility index (Phi) is 6.40. The molecule has 0 unspecified atom stereocenters. The van der Waals surface area contributed by atoms with Crippen LogP contribution in [0.15, 0.2) is 34.6 Å². The molecule has 0 aliphatic carbocycles. The molecule has 0 spiro atoms. The number of rotatable bonds is 7. The number of aliphatic imine (C=N–C) groups is 1. The summed E-state index contributed by atoms with van der Waals surface area (Å²) in [6.07, 6.45) is 4.19. The number of anilines is 1. The third kappa shape index (κ3) is 5.48. The molecule has 0 saturated carbocycles. The highest BCUT2D eigenvalue weighted by Gasteiger charge is 1.99. The van der Waals surface area contributed by atoms with Gasteiger partial charge in [0.1, 0.15) is 0 Å². The maximum absolute atomic E-state index is 5.90. The predicted molar refractivity (Wildman–Crippen MR) is 95.7 cm³/mol. The molecular weight excluding hydrogens is 292 g/mol. The SMILES string of the molecule is CCc1ccc(NC(N)=NCCCCc2nc(C)cs2)cc1. The number of thiazole rings is 1. The average Bonchev–Trinajstić information content (AvgIpc) is 2.93. The molecule has 0 radical (unpaired) electrons. The second-order valence-electron chi connectivity index (χ2n) is 5.28. The summed E-state index contributed by atoms with van der Waals surface area (Å²) in [5.41, 5.74) is 9.31. The van der Waals surface area contributed by atoms with E-state index in [1.807, 2.05) is 19.1 Å². The van der Waals surface area contributed by atoms with Gasteiger partial charge in [0.15, 0.2) is 5.96 Å². The predicted octanol–water partition coefficient (Wildman–Crippen LogP) is 3.76. The molecular formula is C17H24N4S. The van der Waals surface area contributed by atoms with Crippen molar-refractivity contribution in [3.8, 4) is 0 Å². The van der Waals surface area contributed by atoms with Crippen molar-refractivity contribution in [1.82, 2.24) is 4.98 Å². The van der Waals surface area contributed by atoms with Crippen LogP contribution in [0.5, 0.6) is 0 Å². The molecule has 1 aromatic carbocycles. The van der Waals surface area contributed by atoms with E-state index in [1.54, 1.807) is 11.3 Å². The molecule has 0 aliphatic heterocycles. The summed E-state index contributed by atoms with van der Waals surface area (Å²) >= 11 is 1.73. The first-order valence-electron chi connectivity index (χ1n) is 7.74. The van der Waals surface area contributed by atoms with Gasteiger partial charge in [0, 0.05) is 23.3 Å². The third-order valence-corrected chi connectivity index (χ3v) is 4.41. The molecule has 0 aliphatic rings. The maximum Gasteiger partial charge on any atom is 0.193 e. The number of nitrogens with two attached hydrogens (primary N) is 1. The Labute approximate surface area is 136 Å². The Balaban J connectivity index is 1.68. The summed E-state index contributed by atoms with van der Waals surface area (Å²) in [5.74, 6) is 0.481. The van der Waals surface area contributed by atoms with Gasteiger partial charge >= 0.3 is 0 Å². The lowest BCUT2D eigenvalue weighted by Gasteiger charge is -2.06. The van der Waals surface area contributed by atoms with Crippen molar-refractivity contribution in [2.75, 3.05) is 11.9 Å². The summed E-state index contributed by atoms with van der Waals surface area (Å²) in [4.78, 5) is 8.82. The zero-order valence-corrected chi connectivity index (χ0v) is 14.1. The van der Waals surface area contributed by atoms with E-state index in [9.17, 15) is 0 Å². The van der Waals surface area contributed by atoms with E-state index in [0.29, 0.717) is 5.96 Å². The second kappa shape index (κ2) is 8.54. The number of nitrogens with zero attached hydrogens (tertiary/aromatic N) is 2. The van der Waals surface area contributed by atoms with Crippen molar-refractivity contribution in [2.45, 2.75) is 39.5 Å². The minimum Gasteiger partial charge on any atom is -0.370 e. The minimum absolute atomic E-state index is 0.481. The van der Waals surface area contributed by atoms with Crippen LogP contribution in [0.4, 0.5) is 5.69 Å². The van der Waals surface area contributed by atoms with E-state index < -0.39 is 0 Å². The fourth-order valence-corrected chi connectivity index (χ4v) is 2.93. The molecule has 1 aromatic heterocycles. The maximum atomic E-state index is 5.90. The number of aryl methyl sites for hydroxylation is 3. The van der Waals surface area contributed by atoms with Crippen LogP contribution in [0.3, 0.4) is 0 Å². The van der Waals surface area contributed by atoms with E-state index in [2.05, 4.69) is 39.7 Å². The molecule has 0 bridgehead atoms. The Morgan fingerprint density at radius 1 is 1.27 bits per heavy atom. The van der Waals surface area contributed by atoms with Gasteiger partial charge in [0.2, 0.25) is 0 Å². The number of nitrogens with one attached hydrogen (secondary N) is 1. The summed E-state index contributed by atoms with van der Waals surface area (Å²) in [7, 11) is 0. The van der Waals surface area contributed by atoms with E-state index in [0.717, 1.165) is 43.6 Å². The van der Waals surface area contributed by atoms with Gasteiger partial charge < -0.3 is 11.1 Å². The van der Waals surface area contributed by atoms with Crippen LogP contribution in [-0.4, -0.2) is 17.5 Å². The highest BCUT2D eigenvalue weighted by atomic mass is 32.1. The molecule has 5 heteroatoms. The number of unbranched alkanes of at least 4 members (excludes halogenated alkanes) is 1. The topological polar surface area (TPSA) is 63.3 Å². The molecule has 0 saturated heterocycles. The lowest BCUT2D eigenvalue weighted by atomic mass is 10.1. The molecule has 0 atom stereocenters. The van der Waals surface area contributed by atoms with Gasteiger partial charge in [-0.15, -0.1) is 11.3 Å². The van der Waals surface area contributed by atoms with E-state index in [1.165, 1.54) is 10.6 Å². The summed E-state index contributed by atoms with van der Waals surface area (Å²) < 4.78 is 0. The number of hydrogen-bond donors (Lipinski definition) is 2. The summed E-state index contributed by atoms with van der Waals surface area (Å²) in [5, 5.41) is 6.43. The van der Waals surface area contributed by atoms with Gasteiger partial charge in [-0.25, -0.2) is 4.98 Å². The van der Waals surface area contributed by atoms with Gasteiger partial charge in [-0.1, -0.05) is 19.1 Å². The van der Waals surface area contributed by atoms with E-state index in [4.69, 9.17) is 5.73 Å². The molecule has 22 heavy (non-hydrogen) atoms. The van der Waals surface area contributed by atoms with Crippen molar-refractivity contribution in [1.29, 1.82) is 0 Å².